The van der Waals surface area contributed by atoms with Gasteiger partial charge in [-0.1, -0.05) is 43.4 Å². The molecule has 2 aliphatic rings. The second-order valence-electron chi connectivity index (χ2n) is 8.60. The van der Waals surface area contributed by atoms with Crippen molar-refractivity contribution in [2.24, 2.45) is 17.8 Å². The second kappa shape index (κ2) is 10.0. The summed E-state index contributed by atoms with van der Waals surface area (Å²) < 4.78 is 0. The molecule has 0 bridgehead atoms. The highest BCUT2D eigenvalue weighted by Gasteiger charge is 2.22. The van der Waals surface area contributed by atoms with Crippen molar-refractivity contribution < 1.29 is 0 Å². The van der Waals surface area contributed by atoms with Crippen LogP contribution >= 0.6 is 0 Å². The minimum Gasteiger partial charge on any atom is -0.103 e. The Morgan fingerprint density at radius 3 is 2.19 bits per heavy atom. The molecule has 0 N–H and O–H groups in total. The topological polar surface area (TPSA) is 0 Å². The summed E-state index contributed by atoms with van der Waals surface area (Å²) in [7, 11) is 0. The molecule has 0 radical (unpaired) electrons. The van der Waals surface area contributed by atoms with E-state index in [0.717, 1.165) is 17.8 Å². The second-order valence-corrected chi connectivity index (χ2v) is 8.60. The third-order valence-electron chi connectivity index (χ3n) is 6.85. The van der Waals surface area contributed by atoms with E-state index < -0.39 is 0 Å². The number of rotatable bonds is 5. The van der Waals surface area contributed by atoms with Gasteiger partial charge in [0.1, 0.15) is 0 Å². The van der Waals surface area contributed by atoms with Crippen LogP contribution in [0.5, 0.6) is 0 Å². The van der Waals surface area contributed by atoms with E-state index in [-0.39, 0.29) is 0 Å². The van der Waals surface area contributed by atoms with Crippen molar-refractivity contribution in [1.82, 2.24) is 0 Å². The van der Waals surface area contributed by atoms with Crippen molar-refractivity contribution in [3.63, 3.8) is 0 Å². The van der Waals surface area contributed by atoms with Gasteiger partial charge in [0.25, 0.3) is 0 Å². The van der Waals surface area contributed by atoms with Gasteiger partial charge in [-0.2, -0.15) is 0 Å². The molecule has 2 saturated carbocycles. The van der Waals surface area contributed by atoms with E-state index in [9.17, 15) is 0 Å². The van der Waals surface area contributed by atoms with E-state index >= 15 is 0 Å². The molecule has 0 heteroatoms. The fourth-order valence-electron chi connectivity index (χ4n) is 4.88. The van der Waals surface area contributed by atoms with Crippen LogP contribution in [0.3, 0.4) is 0 Å². The number of allylic oxidation sites excluding steroid dienone is 1. The monoisotopic (exact) mass is 348 g/mol. The van der Waals surface area contributed by atoms with Crippen LogP contribution in [0, 0.1) is 29.6 Å². The highest BCUT2D eigenvalue weighted by molar-refractivity contribution is 5.37. The normalized spacial score (nSPS) is 28.8. The van der Waals surface area contributed by atoms with Crippen molar-refractivity contribution >= 4 is 0 Å². The van der Waals surface area contributed by atoms with Gasteiger partial charge >= 0.3 is 0 Å². The molecule has 0 spiro atoms. The van der Waals surface area contributed by atoms with Crippen LogP contribution in [0.2, 0.25) is 0 Å². The summed E-state index contributed by atoms with van der Waals surface area (Å²) in [6.45, 7) is 6.18. The molecule has 0 amide bonds. The SMILES string of the molecule is C=CCCC1CCC(c2ccc(C#CC3CCC(CC)CC3)cc2)CC1. The lowest BCUT2D eigenvalue weighted by molar-refractivity contribution is 0.309. The molecule has 1 aromatic carbocycles. The molecule has 0 atom stereocenters. The minimum absolute atomic E-state index is 0.628. The average molecular weight is 349 g/mol. The zero-order valence-electron chi connectivity index (χ0n) is 16.7. The molecule has 2 fully saturated rings. The summed E-state index contributed by atoms with van der Waals surface area (Å²) in [5.41, 5.74) is 2.73. The fraction of sp³-hybridized carbons (Fsp3) is 0.615. The Hall–Kier alpha value is -1.48. The number of benzene rings is 1. The summed E-state index contributed by atoms with van der Waals surface area (Å²) in [5.74, 6) is 10.3. The van der Waals surface area contributed by atoms with Gasteiger partial charge < -0.3 is 0 Å². The Kier molecular flexibility index (Phi) is 7.43. The standard InChI is InChI=1S/C26H36/c1-3-5-6-22-13-17-25(18-14-22)26-19-15-24(16-20-26)12-11-23-9-7-21(4-2)8-10-23/h3,15-16,19-23,25H,1,4-10,13-14,17-18H2,2H3. The Labute approximate surface area is 161 Å². The quantitative estimate of drug-likeness (QED) is 0.382. The van der Waals surface area contributed by atoms with Crippen LogP contribution in [0.4, 0.5) is 0 Å². The molecule has 0 unspecified atom stereocenters. The lowest BCUT2D eigenvalue weighted by atomic mass is 9.77. The van der Waals surface area contributed by atoms with E-state index in [0.29, 0.717) is 5.92 Å². The molecule has 0 saturated heterocycles. The van der Waals surface area contributed by atoms with Crippen molar-refractivity contribution in [3.05, 3.63) is 48.0 Å². The lowest BCUT2D eigenvalue weighted by Gasteiger charge is -2.28. The molecule has 0 heterocycles. The van der Waals surface area contributed by atoms with E-state index in [4.69, 9.17) is 0 Å². The maximum atomic E-state index is 3.86. The fourth-order valence-corrected chi connectivity index (χ4v) is 4.88. The van der Waals surface area contributed by atoms with Crippen molar-refractivity contribution in [2.45, 2.75) is 83.5 Å². The number of hydrogen-bond donors (Lipinski definition) is 0. The zero-order chi connectivity index (χ0) is 18.2. The Morgan fingerprint density at radius 1 is 0.923 bits per heavy atom. The van der Waals surface area contributed by atoms with Crippen molar-refractivity contribution in [1.29, 1.82) is 0 Å². The summed E-state index contributed by atoms with van der Waals surface area (Å²) in [5, 5.41) is 0. The first-order valence-electron chi connectivity index (χ1n) is 11.0. The Balaban J connectivity index is 1.49. The molecular formula is C26H36. The summed E-state index contributed by atoms with van der Waals surface area (Å²) in [6, 6.07) is 9.19. The van der Waals surface area contributed by atoms with Crippen LogP contribution in [0.15, 0.2) is 36.9 Å². The molecule has 26 heavy (non-hydrogen) atoms. The molecule has 2 aliphatic carbocycles. The molecule has 1 aromatic rings. The van der Waals surface area contributed by atoms with Crippen molar-refractivity contribution in [2.75, 3.05) is 0 Å². The number of hydrogen-bond acceptors (Lipinski definition) is 0. The van der Waals surface area contributed by atoms with Gasteiger partial charge in [-0.15, -0.1) is 6.58 Å². The Bertz CT molecular complexity index is 596. The van der Waals surface area contributed by atoms with Crippen LogP contribution in [-0.4, -0.2) is 0 Å². The van der Waals surface area contributed by atoms with E-state index in [1.165, 1.54) is 81.8 Å². The molecule has 140 valence electrons. The minimum atomic E-state index is 0.628. The van der Waals surface area contributed by atoms with Gasteiger partial charge in [-0.3, -0.25) is 0 Å². The van der Waals surface area contributed by atoms with Gasteiger partial charge in [-0.05, 0) is 99.7 Å². The van der Waals surface area contributed by atoms with Crippen LogP contribution < -0.4 is 0 Å². The largest absolute Gasteiger partial charge is 0.103 e. The zero-order valence-corrected chi connectivity index (χ0v) is 16.7. The summed E-state index contributed by atoms with van der Waals surface area (Å²) in [6.07, 6.45) is 16.8. The van der Waals surface area contributed by atoms with Gasteiger partial charge in [0, 0.05) is 11.5 Å². The predicted molar refractivity (Wildman–Crippen MR) is 113 cm³/mol. The molecule has 0 aliphatic heterocycles. The van der Waals surface area contributed by atoms with E-state index in [2.05, 4.69) is 55.7 Å². The van der Waals surface area contributed by atoms with Gasteiger partial charge in [0.05, 0.1) is 0 Å². The summed E-state index contributed by atoms with van der Waals surface area (Å²) >= 11 is 0. The van der Waals surface area contributed by atoms with Crippen molar-refractivity contribution in [3.8, 4) is 11.8 Å². The van der Waals surface area contributed by atoms with Crippen LogP contribution in [0.1, 0.15) is 94.6 Å². The van der Waals surface area contributed by atoms with Crippen LogP contribution in [-0.2, 0) is 0 Å². The highest BCUT2D eigenvalue weighted by Crippen LogP contribution is 2.37. The lowest BCUT2D eigenvalue weighted by Crippen LogP contribution is -2.13. The van der Waals surface area contributed by atoms with Gasteiger partial charge in [0.2, 0.25) is 0 Å². The van der Waals surface area contributed by atoms with Crippen LogP contribution in [0.25, 0.3) is 0 Å². The molecular weight excluding hydrogens is 312 g/mol. The van der Waals surface area contributed by atoms with Gasteiger partial charge in [0.15, 0.2) is 0 Å². The summed E-state index contributed by atoms with van der Waals surface area (Å²) in [4.78, 5) is 0. The van der Waals surface area contributed by atoms with E-state index in [1.54, 1.807) is 0 Å². The molecule has 3 rings (SSSR count). The third-order valence-corrected chi connectivity index (χ3v) is 6.85. The third kappa shape index (κ3) is 5.51. The first-order valence-corrected chi connectivity index (χ1v) is 11.0. The first kappa shape index (κ1) is 19.3. The maximum Gasteiger partial charge on any atom is 0.0245 e. The molecule has 0 nitrogen and oxygen atoms in total. The predicted octanol–water partition coefficient (Wildman–Crippen LogP) is 7.49. The first-order chi connectivity index (χ1) is 12.8. The molecule has 0 aromatic heterocycles. The Morgan fingerprint density at radius 2 is 1.58 bits per heavy atom. The smallest absolute Gasteiger partial charge is 0.0245 e. The van der Waals surface area contributed by atoms with Gasteiger partial charge in [-0.25, -0.2) is 0 Å². The van der Waals surface area contributed by atoms with E-state index in [1.807, 2.05) is 0 Å². The highest BCUT2D eigenvalue weighted by atomic mass is 14.3. The maximum absolute atomic E-state index is 3.86. The average Bonchev–Trinajstić information content (AvgIpc) is 2.72.